The topological polar surface area (TPSA) is 28.1 Å². The van der Waals surface area contributed by atoms with Crippen LogP contribution >= 0.6 is 23.4 Å². The van der Waals surface area contributed by atoms with Gasteiger partial charge in [0.2, 0.25) is 0 Å². The maximum absolute atomic E-state index is 6.05. The molecule has 4 rings (SSSR count). The zero-order valence-corrected chi connectivity index (χ0v) is 13.5. The summed E-state index contributed by atoms with van der Waals surface area (Å²) in [5.74, 6) is 1.04. The van der Waals surface area contributed by atoms with Gasteiger partial charge in [0, 0.05) is 21.7 Å². The number of H-pyrrole nitrogens is 1. The van der Waals surface area contributed by atoms with Crippen LogP contribution < -0.4 is 0 Å². The van der Waals surface area contributed by atoms with Crippen LogP contribution in [0.1, 0.15) is 11.3 Å². The highest BCUT2D eigenvalue weighted by Crippen LogP contribution is 2.28. The lowest BCUT2D eigenvalue weighted by Gasteiger charge is -2.04. The van der Waals surface area contributed by atoms with Gasteiger partial charge in [-0.05, 0) is 30.2 Å². The molecule has 1 N–H and O–H groups in total. The van der Waals surface area contributed by atoms with E-state index in [4.69, 9.17) is 16.6 Å². The Balaban J connectivity index is 1.58. The summed E-state index contributed by atoms with van der Waals surface area (Å²) in [4.78, 5) is 8.31. The summed E-state index contributed by atoms with van der Waals surface area (Å²) in [6, 6.07) is 19.0. The molecule has 1 aliphatic heterocycles. The van der Waals surface area contributed by atoms with Gasteiger partial charge in [-0.15, -0.1) is 11.8 Å². The molecule has 0 aliphatic carbocycles. The van der Waals surface area contributed by atoms with Crippen LogP contribution in [0.15, 0.2) is 59.6 Å². The van der Waals surface area contributed by atoms with Gasteiger partial charge in [-0.2, -0.15) is 0 Å². The van der Waals surface area contributed by atoms with Crippen molar-refractivity contribution in [1.29, 1.82) is 0 Å². The molecule has 0 fully saturated rings. The second-order valence-electron chi connectivity index (χ2n) is 5.50. The van der Waals surface area contributed by atoms with Crippen LogP contribution in [0.2, 0.25) is 5.02 Å². The number of hydrogen-bond acceptors (Lipinski definition) is 2. The van der Waals surface area contributed by atoms with Gasteiger partial charge in [-0.3, -0.25) is 4.99 Å². The first-order valence-electron chi connectivity index (χ1n) is 7.31. The Morgan fingerprint density at radius 1 is 1.14 bits per heavy atom. The van der Waals surface area contributed by atoms with Crippen molar-refractivity contribution >= 4 is 39.3 Å². The highest BCUT2D eigenvalue weighted by atomic mass is 35.5. The molecule has 22 heavy (non-hydrogen) atoms. The molecule has 0 bridgehead atoms. The predicted molar refractivity (Wildman–Crippen MR) is 96.2 cm³/mol. The molecule has 1 atom stereocenters. The Labute approximate surface area is 138 Å². The Hall–Kier alpha value is -1.71. The van der Waals surface area contributed by atoms with Gasteiger partial charge in [0.05, 0.1) is 11.7 Å². The van der Waals surface area contributed by atoms with E-state index in [1.807, 2.05) is 30.0 Å². The number of benzene rings is 2. The molecule has 0 saturated heterocycles. The Kier molecular flexibility index (Phi) is 3.68. The third-order valence-corrected chi connectivity index (χ3v) is 5.23. The summed E-state index contributed by atoms with van der Waals surface area (Å²) in [5, 5.41) is 3.03. The fourth-order valence-corrected chi connectivity index (χ4v) is 3.97. The van der Waals surface area contributed by atoms with Gasteiger partial charge in [0.25, 0.3) is 0 Å². The summed E-state index contributed by atoms with van der Waals surface area (Å²) in [5.41, 5.74) is 3.51. The molecule has 0 saturated carbocycles. The Morgan fingerprint density at radius 2 is 2.00 bits per heavy atom. The normalized spacial score (nSPS) is 17.9. The first kappa shape index (κ1) is 13.9. The minimum absolute atomic E-state index is 0.359. The number of nitrogens with zero attached hydrogens (tertiary/aromatic N) is 1. The number of aromatic nitrogens is 1. The molecule has 3 aromatic rings. The van der Waals surface area contributed by atoms with E-state index in [1.165, 1.54) is 10.9 Å². The molecule has 1 aliphatic rings. The lowest BCUT2D eigenvalue weighted by molar-refractivity contribution is 0.762. The van der Waals surface area contributed by atoms with Gasteiger partial charge >= 0.3 is 0 Å². The van der Waals surface area contributed by atoms with E-state index in [0.717, 1.165) is 33.5 Å². The molecule has 2 aromatic carbocycles. The van der Waals surface area contributed by atoms with Gasteiger partial charge in [0.15, 0.2) is 0 Å². The van der Waals surface area contributed by atoms with Crippen LogP contribution in [0.25, 0.3) is 10.9 Å². The van der Waals surface area contributed by atoms with Crippen LogP contribution in [0.3, 0.4) is 0 Å². The van der Waals surface area contributed by atoms with Crippen molar-refractivity contribution < 1.29 is 0 Å². The first-order chi connectivity index (χ1) is 10.8. The zero-order chi connectivity index (χ0) is 14.9. The quantitative estimate of drug-likeness (QED) is 0.726. The van der Waals surface area contributed by atoms with Crippen LogP contribution in [0.5, 0.6) is 0 Å². The molecular formula is C18H15ClN2S. The molecule has 1 unspecified atom stereocenters. The van der Waals surface area contributed by atoms with Crippen molar-refractivity contribution in [3.63, 3.8) is 0 Å². The average molecular weight is 327 g/mol. The smallest absolute Gasteiger partial charge is 0.114 e. The summed E-state index contributed by atoms with van der Waals surface area (Å²) in [6.45, 7) is 0. The standard InChI is InChI=1S/C18H15ClN2S/c19-14-7-6-13-9-17(21-16(13)10-14)18-20-15(11-22-18)8-12-4-2-1-3-5-12/h1-7,9-10,15,21H,8,11H2. The fraction of sp³-hybridized carbons (Fsp3) is 0.167. The summed E-state index contributed by atoms with van der Waals surface area (Å²) >= 11 is 7.87. The molecule has 0 radical (unpaired) electrons. The number of nitrogens with one attached hydrogen (secondary N) is 1. The molecule has 2 nitrogen and oxygen atoms in total. The number of thioether (sulfide) groups is 1. The van der Waals surface area contributed by atoms with Crippen molar-refractivity contribution in [3.05, 3.63) is 70.9 Å². The number of hydrogen-bond donors (Lipinski definition) is 1. The van der Waals surface area contributed by atoms with Crippen molar-refractivity contribution in [2.24, 2.45) is 4.99 Å². The lowest BCUT2D eigenvalue weighted by Crippen LogP contribution is -2.07. The van der Waals surface area contributed by atoms with E-state index in [9.17, 15) is 0 Å². The molecule has 110 valence electrons. The third kappa shape index (κ3) is 2.79. The van der Waals surface area contributed by atoms with Crippen LogP contribution in [0, 0.1) is 0 Å². The minimum Gasteiger partial charge on any atom is -0.353 e. The van der Waals surface area contributed by atoms with Crippen molar-refractivity contribution in [3.8, 4) is 0 Å². The maximum Gasteiger partial charge on any atom is 0.114 e. The van der Waals surface area contributed by atoms with E-state index in [1.54, 1.807) is 0 Å². The monoisotopic (exact) mass is 326 g/mol. The Bertz CT molecular complexity index is 839. The van der Waals surface area contributed by atoms with Crippen molar-refractivity contribution in [1.82, 2.24) is 4.98 Å². The lowest BCUT2D eigenvalue weighted by atomic mass is 10.1. The number of aromatic amines is 1. The molecular weight excluding hydrogens is 312 g/mol. The number of rotatable bonds is 3. The van der Waals surface area contributed by atoms with Crippen LogP contribution in [-0.2, 0) is 6.42 Å². The number of fused-ring (bicyclic) bond motifs is 1. The highest BCUT2D eigenvalue weighted by molar-refractivity contribution is 8.14. The molecule has 4 heteroatoms. The van der Waals surface area contributed by atoms with Gasteiger partial charge in [-0.25, -0.2) is 0 Å². The summed E-state index contributed by atoms with van der Waals surface area (Å²) in [7, 11) is 0. The second-order valence-corrected chi connectivity index (χ2v) is 6.95. The summed E-state index contributed by atoms with van der Waals surface area (Å²) in [6.07, 6.45) is 1.00. The average Bonchev–Trinajstić information content (AvgIpc) is 3.14. The SMILES string of the molecule is Clc1ccc2cc(C3=NC(Cc4ccccc4)CS3)[nH]c2c1. The van der Waals surface area contributed by atoms with E-state index < -0.39 is 0 Å². The Morgan fingerprint density at radius 3 is 2.86 bits per heavy atom. The zero-order valence-electron chi connectivity index (χ0n) is 11.9. The number of halogens is 1. The maximum atomic E-state index is 6.05. The molecule has 0 amide bonds. The van der Waals surface area contributed by atoms with Gasteiger partial charge < -0.3 is 4.98 Å². The van der Waals surface area contributed by atoms with Gasteiger partial charge in [-0.1, -0.05) is 48.0 Å². The van der Waals surface area contributed by atoms with Gasteiger partial charge in [0.1, 0.15) is 5.04 Å². The van der Waals surface area contributed by atoms with E-state index >= 15 is 0 Å². The van der Waals surface area contributed by atoms with Crippen LogP contribution in [0.4, 0.5) is 0 Å². The number of aliphatic imine (C=N–C) groups is 1. The predicted octanol–water partition coefficient (Wildman–Crippen LogP) is 4.93. The van der Waals surface area contributed by atoms with E-state index in [0.29, 0.717) is 6.04 Å². The van der Waals surface area contributed by atoms with Crippen molar-refractivity contribution in [2.45, 2.75) is 12.5 Å². The van der Waals surface area contributed by atoms with E-state index in [2.05, 4.69) is 41.4 Å². The fourth-order valence-electron chi connectivity index (χ4n) is 2.77. The largest absolute Gasteiger partial charge is 0.353 e. The molecule has 0 spiro atoms. The van der Waals surface area contributed by atoms with Crippen LogP contribution in [-0.4, -0.2) is 21.8 Å². The van der Waals surface area contributed by atoms with Crippen molar-refractivity contribution in [2.75, 3.05) is 5.75 Å². The van der Waals surface area contributed by atoms with E-state index in [-0.39, 0.29) is 0 Å². The highest BCUT2D eigenvalue weighted by Gasteiger charge is 2.21. The molecule has 1 aromatic heterocycles. The molecule has 2 heterocycles. The third-order valence-electron chi connectivity index (χ3n) is 3.84. The second kappa shape index (κ2) is 5.82. The first-order valence-corrected chi connectivity index (χ1v) is 8.67. The minimum atomic E-state index is 0.359. The summed E-state index contributed by atoms with van der Waals surface area (Å²) < 4.78 is 0.